The highest BCUT2D eigenvalue weighted by atomic mass is 79.9. The number of carbonyl (C=O) groups is 1. The number of hydrogen-bond donors (Lipinski definition) is 2. The van der Waals surface area contributed by atoms with Crippen LogP contribution in [0.2, 0.25) is 0 Å². The highest BCUT2D eigenvalue weighted by molar-refractivity contribution is 9.10. The lowest BCUT2D eigenvalue weighted by molar-refractivity contribution is 0.102. The number of amides is 1. The van der Waals surface area contributed by atoms with Crippen LogP contribution in [0, 0.1) is 0 Å². The first-order valence-electron chi connectivity index (χ1n) is 5.73. The maximum absolute atomic E-state index is 12.2. The van der Waals surface area contributed by atoms with Gasteiger partial charge in [0.15, 0.2) is 0 Å². The third-order valence-corrected chi connectivity index (χ3v) is 3.29. The minimum absolute atomic E-state index is 0.178. The monoisotopic (exact) mass is 315 g/mol. The molecule has 3 rings (SSSR count). The van der Waals surface area contributed by atoms with Crippen LogP contribution in [-0.2, 0) is 0 Å². The first-order chi connectivity index (χ1) is 9.24. The summed E-state index contributed by atoms with van der Waals surface area (Å²) in [5.74, 6) is 0.340. The van der Waals surface area contributed by atoms with Crippen LogP contribution < -0.4 is 5.32 Å². The average molecular weight is 316 g/mol. The molecule has 1 aromatic carbocycles. The molecule has 0 bridgehead atoms. The topological polar surface area (TPSA) is 57.8 Å². The van der Waals surface area contributed by atoms with E-state index in [0.29, 0.717) is 11.4 Å². The number of hydrogen-bond acceptors (Lipinski definition) is 2. The van der Waals surface area contributed by atoms with E-state index in [1.807, 2.05) is 24.3 Å². The molecule has 4 nitrogen and oxygen atoms in total. The molecule has 2 N–H and O–H groups in total. The Hall–Kier alpha value is -2.14. The van der Waals surface area contributed by atoms with Crippen molar-refractivity contribution in [2.75, 3.05) is 5.32 Å². The molecule has 0 aliphatic carbocycles. The fraction of sp³-hybridized carbons (Fsp3) is 0. The van der Waals surface area contributed by atoms with E-state index in [1.54, 1.807) is 24.5 Å². The van der Waals surface area contributed by atoms with Crippen LogP contribution in [-0.4, -0.2) is 15.9 Å². The van der Waals surface area contributed by atoms with Crippen LogP contribution in [0.1, 0.15) is 10.4 Å². The summed E-state index contributed by atoms with van der Waals surface area (Å²) < 4.78 is 0.872. The molecule has 0 atom stereocenters. The Kier molecular flexibility index (Phi) is 3.05. The van der Waals surface area contributed by atoms with Crippen molar-refractivity contribution < 1.29 is 4.79 Å². The Bertz CT molecular complexity index is 751. The van der Waals surface area contributed by atoms with Crippen LogP contribution in [0.4, 0.5) is 5.82 Å². The number of para-hydroxylation sites is 1. The van der Waals surface area contributed by atoms with Crippen molar-refractivity contribution in [3.63, 3.8) is 0 Å². The maximum Gasteiger partial charge on any atom is 0.258 e. The number of pyridine rings is 1. The third kappa shape index (κ3) is 2.37. The molecule has 0 fully saturated rings. The van der Waals surface area contributed by atoms with Gasteiger partial charge in [-0.05, 0) is 18.2 Å². The summed E-state index contributed by atoms with van der Waals surface area (Å²) >= 11 is 3.34. The smallest absolute Gasteiger partial charge is 0.258 e. The Balaban J connectivity index is 1.92. The number of aromatic nitrogens is 2. The van der Waals surface area contributed by atoms with Gasteiger partial charge in [0.1, 0.15) is 5.82 Å². The molecule has 0 saturated heterocycles. The zero-order valence-electron chi connectivity index (χ0n) is 9.85. The van der Waals surface area contributed by atoms with Gasteiger partial charge in [-0.2, -0.15) is 0 Å². The van der Waals surface area contributed by atoms with Gasteiger partial charge in [-0.3, -0.25) is 4.79 Å². The number of rotatable bonds is 2. The highest BCUT2D eigenvalue weighted by Crippen LogP contribution is 2.19. The number of carbonyl (C=O) groups excluding carboxylic acids is 1. The minimum Gasteiger partial charge on any atom is -0.360 e. The predicted molar refractivity (Wildman–Crippen MR) is 78.2 cm³/mol. The number of fused-ring (bicyclic) bond motifs is 1. The molecule has 0 aliphatic rings. The molecule has 2 aromatic heterocycles. The molecular formula is C14H10BrN3O. The Morgan fingerprint density at radius 1 is 1.26 bits per heavy atom. The summed E-state index contributed by atoms with van der Waals surface area (Å²) in [5.41, 5.74) is 1.55. The van der Waals surface area contributed by atoms with E-state index >= 15 is 0 Å². The van der Waals surface area contributed by atoms with Crippen LogP contribution in [0.15, 0.2) is 53.3 Å². The van der Waals surface area contributed by atoms with Crippen LogP contribution in [0.3, 0.4) is 0 Å². The van der Waals surface area contributed by atoms with E-state index in [9.17, 15) is 4.79 Å². The highest BCUT2D eigenvalue weighted by Gasteiger charge is 2.12. The Morgan fingerprint density at radius 2 is 2.11 bits per heavy atom. The van der Waals surface area contributed by atoms with Crippen LogP contribution in [0.25, 0.3) is 10.9 Å². The van der Waals surface area contributed by atoms with Crippen molar-refractivity contribution in [2.45, 2.75) is 0 Å². The van der Waals surface area contributed by atoms with Crippen molar-refractivity contribution in [3.8, 4) is 0 Å². The molecule has 2 heterocycles. The van der Waals surface area contributed by atoms with Gasteiger partial charge in [0.25, 0.3) is 5.91 Å². The van der Waals surface area contributed by atoms with Crippen LogP contribution >= 0.6 is 15.9 Å². The minimum atomic E-state index is -0.178. The largest absolute Gasteiger partial charge is 0.360 e. The van der Waals surface area contributed by atoms with Gasteiger partial charge >= 0.3 is 0 Å². The average Bonchev–Trinajstić information content (AvgIpc) is 2.82. The molecule has 0 saturated carbocycles. The molecule has 0 spiro atoms. The van der Waals surface area contributed by atoms with E-state index in [1.165, 1.54) is 0 Å². The summed E-state index contributed by atoms with van der Waals surface area (Å²) in [6, 6.07) is 11.2. The van der Waals surface area contributed by atoms with Crippen molar-refractivity contribution in [3.05, 3.63) is 58.8 Å². The summed E-state index contributed by atoms with van der Waals surface area (Å²) in [7, 11) is 0. The van der Waals surface area contributed by atoms with Crippen molar-refractivity contribution in [2.24, 2.45) is 0 Å². The number of anilines is 1. The summed E-state index contributed by atoms with van der Waals surface area (Å²) in [4.78, 5) is 19.4. The summed E-state index contributed by atoms with van der Waals surface area (Å²) in [6.45, 7) is 0. The SMILES string of the molecule is O=C(Nc1cc(Br)ccn1)c1c[nH]c2ccccc12. The molecule has 3 aromatic rings. The van der Waals surface area contributed by atoms with Crippen molar-refractivity contribution in [1.29, 1.82) is 0 Å². The molecule has 19 heavy (non-hydrogen) atoms. The molecule has 0 radical (unpaired) electrons. The predicted octanol–water partition coefficient (Wildman–Crippen LogP) is 3.58. The second-order valence-electron chi connectivity index (χ2n) is 4.06. The fourth-order valence-corrected chi connectivity index (χ4v) is 2.25. The van der Waals surface area contributed by atoms with Gasteiger partial charge in [0.05, 0.1) is 5.56 Å². The fourth-order valence-electron chi connectivity index (χ4n) is 1.92. The first-order valence-corrected chi connectivity index (χ1v) is 6.52. The van der Waals surface area contributed by atoms with E-state index in [-0.39, 0.29) is 5.91 Å². The van der Waals surface area contributed by atoms with Gasteiger partial charge in [-0.15, -0.1) is 0 Å². The van der Waals surface area contributed by atoms with Gasteiger partial charge in [-0.1, -0.05) is 34.1 Å². The first kappa shape index (κ1) is 11.9. The lowest BCUT2D eigenvalue weighted by Crippen LogP contribution is -2.12. The molecule has 0 unspecified atom stereocenters. The zero-order chi connectivity index (χ0) is 13.2. The summed E-state index contributed by atoms with van der Waals surface area (Å²) in [5, 5.41) is 3.68. The Morgan fingerprint density at radius 3 is 2.95 bits per heavy atom. The molecule has 0 aliphatic heterocycles. The quantitative estimate of drug-likeness (QED) is 0.759. The molecular weight excluding hydrogens is 306 g/mol. The van der Waals surface area contributed by atoms with Gasteiger partial charge in [0, 0.05) is 27.8 Å². The van der Waals surface area contributed by atoms with E-state index < -0.39 is 0 Å². The molecule has 5 heteroatoms. The standard InChI is InChI=1S/C14H10BrN3O/c15-9-5-6-16-13(7-9)18-14(19)11-8-17-12-4-2-1-3-10(11)12/h1-8,17H,(H,16,18,19). The number of benzene rings is 1. The van der Waals surface area contributed by atoms with Crippen LogP contribution in [0.5, 0.6) is 0 Å². The van der Waals surface area contributed by atoms with Crippen molar-refractivity contribution >= 4 is 38.6 Å². The number of nitrogens with zero attached hydrogens (tertiary/aromatic N) is 1. The van der Waals surface area contributed by atoms with E-state index in [0.717, 1.165) is 15.4 Å². The lowest BCUT2D eigenvalue weighted by atomic mass is 10.1. The second-order valence-corrected chi connectivity index (χ2v) is 4.98. The zero-order valence-corrected chi connectivity index (χ0v) is 11.4. The second kappa shape index (κ2) is 4.85. The van der Waals surface area contributed by atoms with Gasteiger partial charge < -0.3 is 10.3 Å². The number of H-pyrrole nitrogens is 1. The third-order valence-electron chi connectivity index (χ3n) is 2.80. The molecule has 1 amide bonds. The number of aromatic amines is 1. The van der Waals surface area contributed by atoms with E-state index in [4.69, 9.17) is 0 Å². The number of halogens is 1. The Labute approximate surface area is 118 Å². The van der Waals surface area contributed by atoms with Crippen molar-refractivity contribution in [1.82, 2.24) is 9.97 Å². The maximum atomic E-state index is 12.2. The molecule has 94 valence electrons. The summed E-state index contributed by atoms with van der Waals surface area (Å²) in [6.07, 6.45) is 3.34. The van der Waals surface area contributed by atoms with Gasteiger partial charge in [-0.25, -0.2) is 4.98 Å². The number of nitrogens with one attached hydrogen (secondary N) is 2. The van der Waals surface area contributed by atoms with E-state index in [2.05, 4.69) is 31.2 Å². The normalized spacial score (nSPS) is 10.6. The lowest BCUT2D eigenvalue weighted by Gasteiger charge is -2.03. The van der Waals surface area contributed by atoms with Gasteiger partial charge in [0.2, 0.25) is 0 Å².